The fraction of sp³-hybridized carbons (Fsp3) is 0.867. The first kappa shape index (κ1) is 29.9. The predicted molar refractivity (Wildman–Crippen MR) is 142 cm³/mol. The van der Waals surface area contributed by atoms with Crippen LogP contribution in [0, 0.1) is 0 Å². The molecule has 0 aliphatic carbocycles. The minimum atomic E-state index is -0.120. The van der Waals surface area contributed by atoms with E-state index in [0.29, 0.717) is 0 Å². The summed E-state index contributed by atoms with van der Waals surface area (Å²) in [6.07, 6.45) is 30.3. The molecule has 3 nitrogen and oxygen atoms in total. The van der Waals surface area contributed by atoms with Crippen molar-refractivity contribution in [2.45, 2.75) is 168 Å². The minimum absolute atomic E-state index is 0.120. The molecule has 1 aliphatic rings. The molecule has 2 amide bonds. The van der Waals surface area contributed by atoms with E-state index in [1.54, 1.807) is 0 Å². The standard InChI is InChI=1S/C30H55NO2/c1-3-5-7-9-11-13-15-17-19-21-23-25-27-28(30(33)31-29(27)32)26-24-22-20-18-16-14-12-10-8-6-4-2/h3-26H2,1-2H3,(H,31,32,33). The van der Waals surface area contributed by atoms with Crippen molar-refractivity contribution in [3.05, 3.63) is 11.1 Å². The number of nitrogens with one attached hydrogen (secondary N) is 1. The molecule has 192 valence electrons. The highest BCUT2D eigenvalue weighted by Crippen LogP contribution is 2.24. The minimum Gasteiger partial charge on any atom is -0.289 e. The summed E-state index contributed by atoms with van der Waals surface area (Å²) in [7, 11) is 0. The fourth-order valence-electron chi connectivity index (χ4n) is 4.99. The molecule has 0 radical (unpaired) electrons. The molecule has 0 atom stereocenters. The molecular formula is C30H55NO2. The summed E-state index contributed by atoms with van der Waals surface area (Å²) >= 11 is 0. The Morgan fingerprint density at radius 1 is 0.394 bits per heavy atom. The van der Waals surface area contributed by atoms with Crippen LogP contribution in [0.25, 0.3) is 0 Å². The SMILES string of the molecule is CCCCCCCCCCCCCC1=C(CCCCCCCCCCCCC)C(=O)NC1=O. The zero-order valence-corrected chi connectivity index (χ0v) is 22.3. The Balaban J connectivity index is 2.08. The van der Waals surface area contributed by atoms with E-state index in [1.165, 1.54) is 128 Å². The molecule has 0 aromatic heterocycles. The zero-order chi connectivity index (χ0) is 24.0. The van der Waals surface area contributed by atoms with E-state index in [2.05, 4.69) is 19.2 Å². The Morgan fingerprint density at radius 3 is 0.909 bits per heavy atom. The molecule has 0 fully saturated rings. The number of amides is 2. The van der Waals surface area contributed by atoms with Crippen LogP contribution in [0.2, 0.25) is 0 Å². The van der Waals surface area contributed by atoms with Crippen LogP contribution in [0.5, 0.6) is 0 Å². The van der Waals surface area contributed by atoms with E-state index in [1.807, 2.05) is 0 Å². The van der Waals surface area contributed by atoms with E-state index in [0.717, 1.165) is 36.8 Å². The van der Waals surface area contributed by atoms with Gasteiger partial charge in [-0.1, -0.05) is 142 Å². The Bertz CT molecular complexity index is 491. The second-order valence-electron chi connectivity index (χ2n) is 10.3. The highest BCUT2D eigenvalue weighted by atomic mass is 16.2. The number of hydrogen-bond donors (Lipinski definition) is 1. The van der Waals surface area contributed by atoms with Gasteiger partial charge in [-0.25, -0.2) is 0 Å². The molecule has 0 saturated heterocycles. The maximum absolute atomic E-state index is 12.2. The van der Waals surface area contributed by atoms with Crippen LogP contribution in [-0.2, 0) is 9.59 Å². The molecule has 0 aromatic carbocycles. The lowest BCUT2D eigenvalue weighted by atomic mass is 9.97. The molecule has 0 spiro atoms. The summed E-state index contributed by atoms with van der Waals surface area (Å²) in [5.41, 5.74) is 1.59. The van der Waals surface area contributed by atoms with Gasteiger partial charge in [0.15, 0.2) is 0 Å². The summed E-state index contributed by atoms with van der Waals surface area (Å²) in [6.45, 7) is 4.53. The number of imide groups is 1. The zero-order valence-electron chi connectivity index (χ0n) is 22.3. The average molecular weight is 462 g/mol. The predicted octanol–water partition coefficient (Wildman–Crippen LogP) is 9.34. The maximum atomic E-state index is 12.2. The van der Waals surface area contributed by atoms with Gasteiger partial charge in [-0.15, -0.1) is 0 Å². The lowest BCUT2D eigenvalue weighted by Gasteiger charge is -2.06. The quantitative estimate of drug-likeness (QED) is 0.115. The Kier molecular flexibility index (Phi) is 19.4. The lowest BCUT2D eigenvalue weighted by Crippen LogP contribution is -2.23. The van der Waals surface area contributed by atoms with E-state index in [4.69, 9.17) is 0 Å². The van der Waals surface area contributed by atoms with Crippen molar-refractivity contribution in [2.75, 3.05) is 0 Å². The van der Waals surface area contributed by atoms with Gasteiger partial charge in [0.1, 0.15) is 0 Å². The third-order valence-electron chi connectivity index (χ3n) is 7.20. The third-order valence-corrected chi connectivity index (χ3v) is 7.20. The van der Waals surface area contributed by atoms with Gasteiger partial charge in [-0.2, -0.15) is 0 Å². The molecule has 33 heavy (non-hydrogen) atoms. The highest BCUT2D eigenvalue weighted by Gasteiger charge is 2.28. The van der Waals surface area contributed by atoms with Crippen LogP contribution in [-0.4, -0.2) is 11.8 Å². The summed E-state index contributed by atoms with van der Waals surface area (Å²) in [4.78, 5) is 24.4. The number of rotatable bonds is 24. The summed E-state index contributed by atoms with van der Waals surface area (Å²) in [5, 5.41) is 2.54. The summed E-state index contributed by atoms with van der Waals surface area (Å²) in [5.74, 6) is -0.240. The second kappa shape index (κ2) is 21.4. The molecule has 3 heteroatoms. The average Bonchev–Trinajstić information content (AvgIpc) is 3.08. The molecule has 0 unspecified atom stereocenters. The molecule has 1 aliphatic heterocycles. The fourth-order valence-corrected chi connectivity index (χ4v) is 4.99. The Morgan fingerprint density at radius 2 is 0.636 bits per heavy atom. The van der Waals surface area contributed by atoms with Crippen molar-refractivity contribution < 1.29 is 9.59 Å². The van der Waals surface area contributed by atoms with Crippen LogP contribution >= 0.6 is 0 Å². The highest BCUT2D eigenvalue weighted by molar-refractivity contribution is 6.19. The molecule has 1 N–H and O–H groups in total. The molecule has 1 rings (SSSR count). The van der Waals surface area contributed by atoms with Gasteiger partial charge >= 0.3 is 0 Å². The van der Waals surface area contributed by atoms with Crippen LogP contribution in [0.15, 0.2) is 11.1 Å². The van der Waals surface area contributed by atoms with E-state index < -0.39 is 0 Å². The molecule has 0 bridgehead atoms. The van der Waals surface area contributed by atoms with Crippen molar-refractivity contribution in [1.82, 2.24) is 5.32 Å². The number of unbranched alkanes of at least 4 members (excludes halogenated alkanes) is 20. The van der Waals surface area contributed by atoms with E-state index in [9.17, 15) is 9.59 Å². The van der Waals surface area contributed by atoms with Crippen molar-refractivity contribution >= 4 is 11.8 Å². The van der Waals surface area contributed by atoms with Crippen molar-refractivity contribution in [1.29, 1.82) is 0 Å². The topological polar surface area (TPSA) is 46.2 Å². The lowest BCUT2D eigenvalue weighted by molar-refractivity contribution is -0.124. The summed E-state index contributed by atoms with van der Waals surface area (Å²) < 4.78 is 0. The molecule has 0 aromatic rings. The van der Waals surface area contributed by atoms with Crippen LogP contribution in [0.3, 0.4) is 0 Å². The Hall–Kier alpha value is -1.12. The van der Waals surface area contributed by atoms with Gasteiger partial charge in [0.05, 0.1) is 0 Å². The Labute approximate surface area is 206 Å². The van der Waals surface area contributed by atoms with E-state index in [-0.39, 0.29) is 11.8 Å². The maximum Gasteiger partial charge on any atom is 0.254 e. The first-order chi connectivity index (χ1) is 16.2. The molecule has 0 saturated carbocycles. The van der Waals surface area contributed by atoms with Gasteiger partial charge in [-0.05, 0) is 25.7 Å². The third kappa shape index (κ3) is 15.4. The number of carbonyl (C=O) groups excluding carboxylic acids is 2. The van der Waals surface area contributed by atoms with Crippen LogP contribution < -0.4 is 5.32 Å². The van der Waals surface area contributed by atoms with E-state index >= 15 is 0 Å². The smallest absolute Gasteiger partial charge is 0.254 e. The van der Waals surface area contributed by atoms with Gasteiger partial charge in [0.25, 0.3) is 11.8 Å². The largest absolute Gasteiger partial charge is 0.289 e. The van der Waals surface area contributed by atoms with Crippen molar-refractivity contribution in [3.8, 4) is 0 Å². The first-order valence-electron chi connectivity index (χ1n) is 14.8. The second-order valence-corrected chi connectivity index (χ2v) is 10.3. The molecular weight excluding hydrogens is 406 g/mol. The van der Waals surface area contributed by atoms with Gasteiger partial charge < -0.3 is 0 Å². The van der Waals surface area contributed by atoms with Crippen LogP contribution in [0.4, 0.5) is 0 Å². The monoisotopic (exact) mass is 461 g/mol. The van der Waals surface area contributed by atoms with Crippen molar-refractivity contribution in [2.24, 2.45) is 0 Å². The number of hydrogen-bond acceptors (Lipinski definition) is 2. The summed E-state index contributed by atoms with van der Waals surface area (Å²) in [6, 6.07) is 0. The van der Waals surface area contributed by atoms with Crippen molar-refractivity contribution in [3.63, 3.8) is 0 Å². The number of carbonyl (C=O) groups is 2. The van der Waals surface area contributed by atoms with Gasteiger partial charge in [0, 0.05) is 11.1 Å². The van der Waals surface area contributed by atoms with Crippen LogP contribution in [0.1, 0.15) is 168 Å². The first-order valence-corrected chi connectivity index (χ1v) is 14.8. The normalized spacial score (nSPS) is 13.9. The van der Waals surface area contributed by atoms with Gasteiger partial charge in [0.2, 0.25) is 0 Å². The molecule has 1 heterocycles. The van der Waals surface area contributed by atoms with Gasteiger partial charge in [-0.3, -0.25) is 14.9 Å².